The maximum atomic E-state index is 8.31. The van der Waals surface area contributed by atoms with E-state index in [1.165, 1.54) is 0 Å². The topological polar surface area (TPSA) is 55.2 Å². The van der Waals surface area contributed by atoms with Gasteiger partial charge in [-0.05, 0) is 18.6 Å². The summed E-state index contributed by atoms with van der Waals surface area (Å²) in [5.41, 5.74) is 8.31. The second kappa shape index (κ2) is 5.86. The monoisotopic (exact) mass is 197 g/mol. The van der Waals surface area contributed by atoms with E-state index in [-0.39, 0.29) is 0 Å². The second-order valence-corrected chi connectivity index (χ2v) is 3.59. The molecule has 1 heterocycles. The first kappa shape index (κ1) is 11.3. The van der Waals surface area contributed by atoms with Crippen molar-refractivity contribution in [2.45, 2.75) is 19.9 Å². The normalized spacial score (nSPS) is 24.6. The van der Waals surface area contributed by atoms with E-state index >= 15 is 0 Å². The summed E-state index contributed by atoms with van der Waals surface area (Å²) in [6.45, 7) is 10.3. The molecular weight excluding hydrogens is 178 g/mol. The molecule has 80 valence electrons. The predicted molar refractivity (Wildman–Crippen MR) is 57.2 cm³/mol. The van der Waals surface area contributed by atoms with Crippen LogP contribution in [-0.2, 0) is 0 Å². The van der Waals surface area contributed by atoms with Crippen molar-refractivity contribution >= 4 is 0 Å². The lowest BCUT2D eigenvalue weighted by Gasteiger charge is -2.40. The molecule has 0 bridgehead atoms. The molecule has 1 aliphatic rings. The summed E-state index contributed by atoms with van der Waals surface area (Å²) in [7, 11) is 0. The molecule has 0 aromatic heterocycles. The van der Waals surface area contributed by atoms with Crippen LogP contribution in [0.5, 0.6) is 0 Å². The maximum absolute atomic E-state index is 8.31. The average molecular weight is 197 g/mol. The van der Waals surface area contributed by atoms with Crippen LogP contribution in [0, 0.1) is 0 Å². The number of azide groups is 1. The largest absolute Gasteiger partial charge is 0.301 e. The molecule has 1 fully saturated rings. The summed E-state index contributed by atoms with van der Waals surface area (Å²) >= 11 is 0. The summed E-state index contributed by atoms with van der Waals surface area (Å²) in [6.07, 6.45) is 0. The third-order valence-electron chi connectivity index (χ3n) is 2.90. The molecule has 0 saturated carbocycles. The minimum absolute atomic E-state index is 0.407. The molecule has 0 radical (unpaired) electrons. The van der Waals surface area contributed by atoms with Crippen LogP contribution in [-0.4, -0.2) is 55.1 Å². The Morgan fingerprint density at radius 3 is 2.71 bits per heavy atom. The Morgan fingerprint density at radius 2 is 2.14 bits per heavy atom. The molecule has 1 atom stereocenters. The van der Waals surface area contributed by atoms with Gasteiger partial charge in [0, 0.05) is 37.1 Å². The van der Waals surface area contributed by atoms with Crippen molar-refractivity contribution in [2.24, 2.45) is 5.11 Å². The number of rotatable bonds is 4. The van der Waals surface area contributed by atoms with E-state index in [0.717, 1.165) is 32.7 Å². The van der Waals surface area contributed by atoms with E-state index in [2.05, 4.69) is 33.7 Å². The number of hydrogen-bond donors (Lipinski definition) is 0. The lowest BCUT2D eigenvalue weighted by Crippen LogP contribution is -2.53. The van der Waals surface area contributed by atoms with E-state index in [0.29, 0.717) is 12.6 Å². The Balaban J connectivity index is 2.50. The average Bonchev–Trinajstić information content (AvgIpc) is 2.25. The van der Waals surface area contributed by atoms with Crippen LogP contribution in [0.2, 0.25) is 0 Å². The van der Waals surface area contributed by atoms with E-state index in [4.69, 9.17) is 5.53 Å². The Bertz CT molecular complexity index is 211. The summed E-state index contributed by atoms with van der Waals surface area (Å²) in [4.78, 5) is 7.63. The highest BCUT2D eigenvalue weighted by Gasteiger charge is 2.23. The van der Waals surface area contributed by atoms with Gasteiger partial charge in [-0.15, -0.1) is 0 Å². The van der Waals surface area contributed by atoms with Crippen molar-refractivity contribution in [3.63, 3.8) is 0 Å². The lowest BCUT2D eigenvalue weighted by atomic mass is 10.1. The first-order valence-electron chi connectivity index (χ1n) is 5.29. The van der Waals surface area contributed by atoms with Gasteiger partial charge in [0.1, 0.15) is 0 Å². The maximum Gasteiger partial charge on any atom is 0.0426 e. The molecule has 0 aromatic rings. The van der Waals surface area contributed by atoms with Gasteiger partial charge in [-0.25, -0.2) is 0 Å². The van der Waals surface area contributed by atoms with Crippen molar-refractivity contribution in [3.05, 3.63) is 10.4 Å². The smallest absolute Gasteiger partial charge is 0.0426 e. The van der Waals surface area contributed by atoms with Crippen molar-refractivity contribution in [1.29, 1.82) is 0 Å². The van der Waals surface area contributed by atoms with Crippen molar-refractivity contribution < 1.29 is 0 Å². The van der Waals surface area contributed by atoms with Gasteiger partial charge in [0.05, 0.1) is 0 Å². The Morgan fingerprint density at radius 1 is 1.36 bits per heavy atom. The highest BCUT2D eigenvalue weighted by molar-refractivity contribution is 4.82. The molecule has 5 heteroatoms. The van der Waals surface area contributed by atoms with Crippen LogP contribution in [0.4, 0.5) is 0 Å². The first-order valence-corrected chi connectivity index (χ1v) is 5.29. The summed E-state index contributed by atoms with van der Waals surface area (Å²) in [5.74, 6) is 0. The highest BCUT2D eigenvalue weighted by atomic mass is 15.3. The standard InChI is InChI=1S/C9H19N5/c1-3-13-5-6-14(4-2)9(8-13)7-11-12-10/h9H,3-8H2,1-2H3. The van der Waals surface area contributed by atoms with Crippen LogP contribution >= 0.6 is 0 Å². The SMILES string of the molecule is CCN1CCN(CC)C(CN=[N+]=[N-])C1. The molecule has 0 N–H and O–H groups in total. The van der Waals surface area contributed by atoms with Crippen molar-refractivity contribution in [1.82, 2.24) is 9.80 Å². The lowest BCUT2D eigenvalue weighted by molar-refractivity contribution is 0.0865. The molecule has 0 aromatic carbocycles. The zero-order chi connectivity index (χ0) is 10.4. The fraction of sp³-hybridized carbons (Fsp3) is 1.00. The predicted octanol–water partition coefficient (Wildman–Crippen LogP) is 1.32. The minimum atomic E-state index is 0.407. The third kappa shape index (κ3) is 2.87. The molecule has 5 nitrogen and oxygen atoms in total. The number of hydrogen-bond acceptors (Lipinski definition) is 3. The van der Waals surface area contributed by atoms with Crippen LogP contribution in [0.3, 0.4) is 0 Å². The molecule has 0 aliphatic carbocycles. The van der Waals surface area contributed by atoms with E-state index < -0.39 is 0 Å². The van der Waals surface area contributed by atoms with Gasteiger partial charge in [0.15, 0.2) is 0 Å². The van der Waals surface area contributed by atoms with Gasteiger partial charge in [-0.2, -0.15) is 0 Å². The molecule has 1 rings (SSSR count). The van der Waals surface area contributed by atoms with Gasteiger partial charge >= 0.3 is 0 Å². The quantitative estimate of drug-likeness (QED) is 0.388. The van der Waals surface area contributed by atoms with Crippen LogP contribution in [0.15, 0.2) is 5.11 Å². The molecule has 0 spiro atoms. The van der Waals surface area contributed by atoms with E-state index in [9.17, 15) is 0 Å². The van der Waals surface area contributed by atoms with Crippen molar-refractivity contribution in [2.75, 3.05) is 39.3 Å². The zero-order valence-electron chi connectivity index (χ0n) is 9.06. The second-order valence-electron chi connectivity index (χ2n) is 3.59. The fourth-order valence-electron chi connectivity index (χ4n) is 1.96. The number of nitrogens with zero attached hydrogens (tertiary/aromatic N) is 5. The van der Waals surface area contributed by atoms with Gasteiger partial charge in [0.2, 0.25) is 0 Å². The highest BCUT2D eigenvalue weighted by Crippen LogP contribution is 2.09. The van der Waals surface area contributed by atoms with Crippen LogP contribution in [0.1, 0.15) is 13.8 Å². The molecule has 0 amide bonds. The molecule has 1 saturated heterocycles. The number of piperazine rings is 1. The summed E-state index contributed by atoms with van der Waals surface area (Å²) in [6, 6.07) is 0.407. The van der Waals surface area contributed by atoms with Gasteiger partial charge in [0.25, 0.3) is 0 Å². The van der Waals surface area contributed by atoms with Crippen molar-refractivity contribution in [3.8, 4) is 0 Å². The first-order chi connectivity index (χ1) is 6.81. The fourth-order valence-corrected chi connectivity index (χ4v) is 1.96. The molecule has 14 heavy (non-hydrogen) atoms. The third-order valence-corrected chi connectivity index (χ3v) is 2.90. The zero-order valence-corrected chi connectivity index (χ0v) is 9.06. The minimum Gasteiger partial charge on any atom is -0.301 e. The Kier molecular flexibility index (Phi) is 4.73. The summed E-state index contributed by atoms with van der Waals surface area (Å²) < 4.78 is 0. The van der Waals surface area contributed by atoms with Crippen LogP contribution in [0.25, 0.3) is 10.4 Å². The summed E-state index contributed by atoms with van der Waals surface area (Å²) in [5, 5.41) is 3.67. The van der Waals surface area contributed by atoms with E-state index in [1.807, 2.05) is 0 Å². The Hall–Kier alpha value is -0.770. The molecule has 1 unspecified atom stereocenters. The van der Waals surface area contributed by atoms with E-state index in [1.54, 1.807) is 0 Å². The van der Waals surface area contributed by atoms with Gasteiger partial charge < -0.3 is 4.90 Å². The number of likely N-dealkylation sites (N-methyl/N-ethyl adjacent to an activating group) is 2. The molecule has 1 aliphatic heterocycles. The molecular formula is C9H19N5. The van der Waals surface area contributed by atoms with Crippen LogP contribution < -0.4 is 0 Å². The Labute approximate surface area is 85.3 Å². The van der Waals surface area contributed by atoms with Gasteiger partial charge in [-0.3, -0.25) is 4.90 Å². The van der Waals surface area contributed by atoms with Gasteiger partial charge in [-0.1, -0.05) is 19.0 Å².